The summed E-state index contributed by atoms with van der Waals surface area (Å²) in [5.74, 6) is -0.705. The molecule has 0 fully saturated rings. The molecule has 6 nitrogen and oxygen atoms in total. The maximum absolute atomic E-state index is 12.3. The molecule has 0 saturated carbocycles. The molecule has 0 atom stereocenters. The van der Waals surface area contributed by atoms with Crippen molar-refractivity contribution in [2.75, 3.05) is 25.3 Å². The molecule has 2 aromatic rings. The van der Waals surface area contributed by atoms with Gasteiger partial charge in [-0.05, 0) is 55.7 Å². The zero-order chi connectivity index (χ0) is 20.1. The van der Waals surface area contributed by atoms with Gasteiger partial charge in [-0.25, -0.2) is 4.79 Å². The Kier molecular flexibility index (Phi) is 6.60. The van der Waals surface area contributed by atoms with E-state index in [-0.39, 0.29) is 5.56 Å². The maximum Gasteiger partial charge on any atom is 0.342 e. The summed E-state index contributed by atoms with van der Waals surface area (Å²) < 4.78 is 10.4. The van der Waals surface area contributed by atoms with Gasteiger partial charge in [-0.15, -0.1) is 23.1 Å². The smallest absolute Gasteiger partial charge is 0.342 e. The van der Waals surface area contributed by atoms with Gasteiger partial charge < -0.3 is 14.8 Å². The average Bonchev–Trinajstić information content (AvgIpc) is 3.08. The van der Waals surface area contributed by atoms with E-state index in [2.05, 4.69) is 11.4 Å². The number of hydrogen-bond donors (Lipinski definition) is 1. The van der Waals surface area contributed by atoms with Crippen LogP contribution >= 0.6 is 23.1 Å². The first-order chi connectivity index (χ1) is 13.6. The molecule has 0 spiro atoms. The summed E-state index contributed by atoms with van der Waals surface area (Å²) in [6.07, 6.45) is 5.88. The molecule has 1 N–H and O–H groups in total. The number of nitriles is 1. The summed E-state index contributed by atoms with van der Waals surface area (Å²) >= 11 is 2.97. The Morgan fingerprint density at radius 3 is 2.82 bits per heavy atom. The Balaban J connectivity index is 1.64. The fourth-order valence-corrected chi connectivity index (χ4v) is 4.80. The predicted molar refractivity (Wildman–Crippen MR) is 109 cm³/mol. The van der Waals surface area contributed by atoms with Crippen LogP contribution < -0.4 is 10.1 Å². The fourth-order valence-electron chi connectivity index (χ4n) is 3.11. The van der Waals surface area contributed by atoms with Crippen LogP contribution in [0.1, 0.15) is 39.2 Å². The van der Waals surface area contributed by atoms with E-state index >= 15 is 0 Å². The Morgan fingerprint density at radius 1 is 1.32 bits per heavy atom. The zero-order valence-electron chi connectivity index (χ0n) is 15.7. The SMILES string of the molecule is COc1cc(SC)ccc1C(=O)OCC(=O)Nc1sc2c(c1C#N)CCCC2. The van der Waals surface area contributed by atoms with E-state index in [1.165, 1.54) is 30.2 Å². The van der Waals surface area contributed by atoms with Gasteiger partial charge >= 0.3 is 5.97 Å². The van der Waals surface area contributed by atoms with Gasteiger partial charge in [0.25, 0.3) is 5.91 Å². The second kappa shape index (κ2) is 9.13. The molecule has 1 aromatic heterocycles. The highest BCUT2D eigenvalue weighted by atomic mass is 32.2. The standard InChI is InChI=1S/C20H20N2O4S2/c1-25-16-9-12(27-2)7-8-14(16)20(24)26-11-18(23)22-19-15(10-21)13-5-3-4-6-17(13)28-19/h7-9H,3-6,11H2,1-2H3,(H,22,23). The van der Waals surface area contributed by atoms with E-state index in [0.717, 1.165) is 41.0 Å². The minimum atomic E-state index is -0.634. The molecule has 8 heteroatoms. The number of nitrogens with zero attached hydrogens (tertiary/aromatic N) is 1. The number of methoxy groups -OCH3 is 1. The van der Waals surface area contributed by atoms with Crippen molar-refractivity contribution in [2.45, 2.75) is 30.6 Å². The number of aryl methyl sites for hydroxylation is 1. The molecule has 28 heavy (non-hydrogen) atoms. The second-order valence-electron chi connectivity index (χ2n) is 6.22. The molecule has 1 aliphatic carbocycles. The molecule has 0 unspecified atom stereocenters. The van der Waals surface area contributed by atoms with Gasteiger partial charge in [0.05, 0.1) is 12.7 Å². The maximum atomic E-state index is 12.3. The van der Waals surface area contributed by atoms with Crippen LogP contribution in [0.2, 0.25) is 0 Å². The number of thioether (sulfide) groups is 1. The van der Waals surface area contributed by atoms with Crippen LogP contribution in [-0.2, 0) is 22.4 Å². The molecule has 0 bridgehead atoms. The Bertz CT molecular complexity index is 946. The summed E-state index contributed by atoms with van der Waals surface area (Å²) in [6, 6.07) is 7.35. The number of fused-ring (bicyclic) bond motifs is 1. The minimum absolute atomic E-state index is 0.261. The van der Waals surface area contributed by atoms with E-state index in [0.29, 0.717) is 16.3 Å². The van der Waals surface area contributed by atoms with Crippen LogP contribution in [0, 0.1) is 11.3 Å². The third-order valence-corrected chi connectivity index (χ3v) is 6.43. The number of anilines is 1. The van der Waals surface area contributed by atoms with E-state index in [1.807, 2.05) is 6.26 Å². The number of carbonyl (C=O) groups excluding carboxylic acids is 2. The summed E-state index contributed by atoms with van der Waals surface area (Å²) in [7, 11) is 1.48. The number of amides is 1. The molecule has 1 aromatic carbocycles. The third kappa shape index (κ3) is 4.32. The van der Waals surface area contributed by atoms with Crippen LogP contribution in [0.3, 0.4) is 0 Å². The normalized spacial score (nSPS) is 12.6. The first-order valence-corrected chi connectivity index (χ1v) is 10.8. The van der Waals surface area contributed by atoms with Gasteiger partial charge in [-0.3, -0.25) is 4.79 Å². The topological polar surface area (TPSA) is 88.4 Å². The Labute approximate surface area is 171 Å². The lowest BCUT2D eigenvalue weighted by molar-refractivity contribution is -0.119. The minimum Gasteiger partial charge on any atom is -0.496 e. The van der Waals surface area contributed by atoms with Crippen LogP contribution in [0.25, 0.3) is 0 Å². The summed E-state index contributed by atoms with van der Waals surface area (Å²) in [4.78, 5) is 26.7. The Morgan fingerprint density at radius 2 is 2.11 bits per heavy atom. The molecule has 0 aliphatic heterocycles. The van der Waals surface area contributed by atoms with E-state index in [1.54, 1.807) is 18.2 Å². The van der Waals surface area contributed by atoms with Crippen LogP contribution in [0.15, 0.2) is 23.1 Å². The second-order valence-corrected chi connectivity index (χ2v) is 8.20. The van der Waals surface area contributed by atoms with Crippen LogP contribution in [0.5, 0.6) is 5.75 Å². The molecular weight excluding hydrogens is 396 g/mol. The number of rotatable bonds is 6. The highest BCUT2D eigenvalue weighted by molar-refractivity contribution is 7.98. The lowest BCUT2D eigenvalue weighted by atomic mass is 9.96. The van der Waals surface area contributed by atoms with Crippen molar-refractivity contribution in [1.29, 1.82) is 5.26 Å². The molecular formula is C20H20N2O4S2. The van der Waals surface area contributed by atoms with Crippen molar-refractivity contribution in [2.24, 2.45) is 0 Å². The molecule has 3 rings (SSSR count). The average molecular weight is 417 g/mol. The monoisotopic (exact) mass is 416 g/mol. The summed E-state index contributed by atoms with van der Waals surface area (Å²) in [5, 5.41) is 12.7. The lowest BCUT2D eigenvalue weighted by Crippen LogP contribution is -2.21. The summed E-state index contributed by atoms with van der Waals surface area (Å²) in [6.45, 7) is -0.431. The number of ether oxygens (including phenoxy) is 2. The number of nitrogens with one attached hydrogen (secondary N) is 1. The number of benzene rings is 1. The van der Waals surface area contributed by atoms with Gasteiger partial charge in [0.2, 0.25) is 0 Å². The highest BCUT2D eigenvalue weighted by Crippen LogP contribution is 2.37. The lowest BCUT2D eigenvalue weighted by Gasteiger charge is -2.10. The molecule has 1 heterocycles. The van der Waals surface area contributed by atoms with Gasteiger partial charge in [-0.1, -0.05) is 0 Å². The molecule has 1 amide bonds. The van der Waals surface area contributed by atoms with Gasteiger partial charge in [-0.2, -0.15) is 5.26 Å². The van der Waals surface area contributed by atoms with Gasteiger partial charge in [0.1, 0.15) is 22.4 Å². The zero-order valence-corrected chi connectivity index (χ0v) is 17.3. The van der Waals surface area contributed by atoms with Crippen LogP contribution in [0.4, 0.5) is 5.00 Å². The predicted octanol–water partition coefficient (Wildman–Crippen LogP) is 4.02. The van der Waals surface area contributed by atoms with Gasteiger partial charge in [0, 0.05) is 9.77 Å². The van der Waals surface area contributed by atoms with Crippen molar-refractivity contribution in [3.63, 3.8) is 0 Å². The first kappa shape index (κ1) is 20.2. The number of hydrogen-bond acceptors (Lipinski definition) is 7. The first-order valence-electron chi connectivity index (χ1n) is 8.81. The van der Waals surface area contributed by atoms with Crippen molar-refractivity contribution in [3.8, 4) is 11.8 Å². The van der Waals surface area contributed by atoms with Gasteiger partial charge in [0.15, 0.2) is 6.61 Å². The fraction of sp³-hybridized carbons (Fsp3) is 0.350. The van der Waals surface area contributed by atoms with Crippen molar-refractivity contribution >= 4 is 40.0 Å². The van der Waals surface area contributed by atoms with Crippen LogP contribution in [-0.4, -0.2) is 31.8 Å². The molecule has 0 radical (unpaired) electrons. The van der Waals surface area contributed by atoms with Crippen molar-refractivity contribution < 1.29 is 19.1 Å². The Hall–Kier alpha value is -2.50. The summed E-state index contributed by atoms with van der Waals surface area (Å²) in [5.41, 5.74) is 1.84. The number of esters is 1. The van der Waals surface area contributed by atoms with E-state index in [9.17, 15) is 14.9 Å². The highest BCUT2D eigenvalue weighted by Gasteiger charge is 2.22. The quantitative estimate of drug-likeness (QED) is 0.565. The molecule has 146 valence electrons. The number of carbonyl (C=O) groups is 2. The van der Waals surface area contributed by atoms with Crippen molar-refractivity contribution in [1.82, 2.24) is 0 Å². The van der Waals surface area contributed by atoms with Crippen molar-refractivity contribution in [3.05, 3.63) is 39.8 Å². The van der Waals surface area contributed by atoms with E-state index < -0.39 is 18.5 Å². The number of thiophene rings is 1. The largest absolute Gasteiger partial charge is 0.496 e. The molecule has 0 saturated heterocycles. The third-order valence-electron chi connectivity index (χ3n) is 4.50. The van der Waals surface area contributed by atoms with E-state index in [4.69, 9.17) is 9.47 Å². The molecule has 1 aliphatic rings.